The van der Waals surface area contributed by atoms with E-state index in [2.05, 4.69) is 42.0 Å². The molecule has 0 spiro atoms. The minimum absolute atomic E-state index is 0.0448. The lowest BCUT2D eigenvalue weighted by molar-refractivity contribution is 1.01. The lowest BCUT2D eigenvalue weighted by Crippen LogP contribution is -2.14. The number of rotatable bonds is 2. The van der Waals surface area contributed by atoms with E-state index in [1.54, 1.807) is 0 Å². The van der Waals surface area contributed by atoms with E-state index in [9.17, 15) is 4.79 Å². The zero-order valence-corrected chi connectivity index (χ0v) is 10.4. The highest BCUT2D eigenvalue weighted by Crippen LogP contribution is 2.21. The third-order valence-corrected chi connectivity index (χ3v) is 2.80. The third-order valence-electron chi connectivity index (χ3n) is 2.80. The number of aromatic amines is 1. The fourth-order valence-electron chi connectivity index (χ4n) is 2.12. The van der Waals surface area contributed by atoms with Crippen LogP contribution in [-0.4, -0.2) is 9.97 Å². The van der Waals surface area contributed by atoms with E-state index in [0.29, 0.717) is 6.42 Å². The largest absolute Gasteiger partial charge is 0.313 e. The number of hydrogen-bond acceptors (Lipinski definition) is 2. The molecule has 17 heavy (non-hydrogen) atoms. The van der Waals surface area contributed by atoms with Gasteiger partial charge in [0.2, 0.25) is 0 Å². The molecule has 3 heteroatoms. The normalized spacial score (nSPS) is 10.5. The Kier molecular flexibility index (Phi) is 3.09. The molecule has 0 unspecified atom stereocenters. The second-order valence-corrected chi connectivity index (χ2v) is 4.29. The first-order valence-corrected chi connectivity index (χ1v) is 5.77. The molecule has 3 nitrogen and oxygen atoms in total. The summed E-state index contributed by atoms with van der Waals surface area (Å²) >= 11 is 0. The van der Waals surface area contributed by atoms with Crippen molar-refractivity contribution in [2.75, 3.05) is 0 Å². The smallest absolute Gasteiger partial charge is 0.254 e. The highest BCUT2D eigenvalue weighted by Gasteiger charge is 2.09. The molecule has 0 saturated carbocycles. The standard InChI is InChI=1S/C14H16N2O/c1-4-12-13(15-8-16-14(12)17)11-6-9(2)5-10(3)7-11/h5-8H,4H2,1-3H3,(H,15,16,17). The van der Waals surface area contributed by atoms with E-state index in [1.807, 2.05) is 6.92 Å². The van der Waals surface area contributed by atoms with Crippen molar-refractivity contribution in [2.45, 2.75) is 27.2 Å². The summed E-state index contributed by atoms with van der Waals surface area (Å²) < 4.78 is 0. The average molecular weight is 228 g/mol. The Morgan fingerprint density at radius 2 is 1.82 bits per heavy atom. The monoisotopic (exact) mass is 228 g/mol. The van der Waals surface area contributed by atoms with E-state index in [0.717, 1.165) is 16.8 Å². The first-order valence-electron chi connectivity index (χ1n) is 5.77. The van der Waals surface area contributed by atoms with E-state index < -0.39 is 0 Å². The fourth-order valence-corrected chi connectivity index (χ4v) is 2.12. The third kappa shape index (κ3) is 2.28. The van der Waals surface area contributed by atoms with E-state index in [4.69, 9.17) is 0 Å². The van der Waals surface area contributed by atoms with E-state index >= 15 is 0 Å². The first kappa shape index (κ1) is 11.6. The summed E-state index contributed by atoms with van der Waals surface area (Å²) in [5.41, 5.74) is 4.89. The lowest BCUT2D eigenvalue weighted by atomic mass is 10.0. The predicted molar refractivity (Wildman–Crippen MR) is 69.1 cm³/mol. The maximum atomic E-state index is 11.7. The van der Waals surface area contributed by atoms with Gasteiger partial charge in [0.25, 0.3) is 5.56 Å². The zero-order valence-electron chi connectivity index (χ0n) is 10.4. The summed E-state index contributed by atoms with van der Waals surface area (Å²) in [5, 5.41) is 0. The van der Waals surface area contributed by atoms with Crippen LogP contribution in [0.3, 0.4) is 0 Å². The number of benzene rings is 1. The van der Waals surface area contributed by atoms with Crippen LogP contribution < -0.4 is 5.56 Å². The molecular formula is C14H16N2O. The van der Waals surface area contributed by atoms with Crippen molar-refractivity contribution in [3.05, 3.63) is 51.6 Å². The molecule has 0 aliphatic carbocycles. The summed E-state index contributed by atoms with van der Waals surface area (Å²) in [6.45, 7) is 6.07. The van der Waals surface area contributed by atoms with Gasteiger partial charge in [-0.1, -0.05) is 24.1 Å². The molecule has 2 aromatic rings. The number of hydrogen-bond donors (Lipinski definition) is 1. The van der Waals surface area contributed by atoms with Crippen LogP contribution in [0.25, 0.3) is 11.3 Å². The second kappa shape index (κ2) is 4.53. The van der Waals surface area contributed by atoms with Gasteiger partial charge in [-0.15, -0.1) is 0 Å². The van der Waals surface area contributed by atoms with Crippen molar-refractivity contribution in [1.82, 2.24) is 9.97 Å². The average Bonchev–Trinajstić information content (AvgIpc) is 2.27. The van der Waals surface area contributed by atoms with Crippen LogP contribution in [0, 0.1) is 13.8 Å². The highest BCUT2D eigenvalue weighted by molar-refractivity contribution is 5.64. The van der Waals surface area contributed by atoms with Crippen molar-refractivity contribution in [2.24, 2.45) is 0 Å². The van der Waals surface area contributed by atoms with Gasteiger partial charge in [0.05, 0.1) is 12.0 Å². The van der Waals surface area contributed by atoms with Crippen molar-refractivity contribution in [3.63, 3.8) is 0 Å². The minimum atomic E-state index is -0.0448. The Balaban J connectivity index is 2.68. The van der Waals surface area contributed by atoms with Crippen molar-refractivity contribution in [3.8, 4) is 11.3 Å². The van der Waals surface area contributed by atoms with Crippen LogP contribution in [0.2, 0.25) is 0 Å². The van der Waals surface area contributed by atoms with Gasteiger partial charge < -0.3 is 4.98 Å². The van der Waals surface area contributed by atoms with Gasteiger partial charge in [-0.2, -0.15) is 0 Å². The van der Waals surface area contributed by atoms with Gasteiger partial charge >= 0.3 is 0 Å². The Hall–Kier alpha value is -1.90. The van der Waals surface area contributed by atoms with Crippen LogP contribution in [0.1, 0.15) is 23.6 Å². The van der Waals surface area contributed by atoms with Crippen LogP contribution in [-0.2, 0) is 6.42 Å². The summed E-state index contributed by atoms with van der Waals surface area (Å²) in [6.07, 6.45) is 2.15. The van der Waals surface area contributed by atoms with E-state index in [1.165, 1.54) is 17.5 Å². The molecule has 0 saturated heterocycles. The quantitative estimate of drug-likeness (QED) is 0.858. The summed E-state index contributed by atoms with van der Waals surface area (Å²) in [5.74, 6) is 0. The minimum Gasteiger partial charge on any atom is -0.313 e. The molecule has 0 aliphatic rings. The summed E-state index contributed by atoms with van der Waals surface area (Å²) in [4.78, 5) is 18.6. The van der Waals surface area contributed by atoms with Gasteiger partial charge in [0, 0.05) is 11.1 Å². The van der Waals surface area contributed by atoms with E-state index in [-0.39, 0.29) is 5.56 Å². The van der Waals surface area contributed by atoms with Gasteiger partial charge in [0.15, 0.2) is 0 Å². The maximum absolute atomic E-state index is 11.7. The number of nitrogens with zero attached hydrogens (tertiary/aromatic N) is 1. The predicted octanol–water partition coefficient (Wildman–Crippen LogP) is 2.62. The molecule has 1 N–H and O–H groups in total. The number of nitrogens with one attached hydrogen (secondary N) is 1. The topological polar surface area (TPSA) is 45.8 Å². The molecule has 1 aromatic carbocycles. The van der Waals surface area contributed by atoms with Crippen LogP contribution in [0.4, 0.5) is 0 Å². The van der Waals surface area contributed by atoms with Crippen LogP contribution in [0.5, 0.6) is 0 Å². The molecule has 0 atom stereocenters. The molecule has 1 heterocycles. The first-order chi connectivity index (χ1) is 8.11. The fraction of sp³-hybridized carbons (Fsp3) is 0.286. The maximum Gasteiger partial charge on any atom is 0.254 e. The molecule has 0 bridgehead atoms. The van der Waals surface area contributed by atoms with Gasteiger partial charge in [-0.25, -0.2) is 4.98 Å². The Morgan fingerprint density at radius 3 is 2.41 bits per heavy atom. The molecule has 0 radical (unpaired) electrons. The SMILES string of the molecule is CCc1c(-c2cc(C)cc(C)c2)nc[nH]c1=O. The molecule has 2 rings (SSSR count). The molecule has 0 fully saturated rings. The van der Waals surface area contributed by atoms with Crippen molar-refractivity contribution in [1.29, 1.82) is 0 Å². The Labute approximate surface area is 101 Å². The molecule has 1 aromatic heterocycles. The second-order valence-electron chi connectivity index (χ2n) is 4.29. The molecule has 88 valence electrons. The van der Waals surface area contributed by atoms with Gasteiger partial charge in [-0.3, -0.25) is 4.79 Å². The molecule has 0 aliphatic heterocycles. The van der Waals surface area contributed by atoms with Crippen LogP contribution in [0.15, 0.2) is 29.3 Å². The van der Waals surface area contributed by atoms with Crippen LogP contribution >= 0.6 is 0 Å². The molecular weight excluding hydrogens is 212 g/mol. The van der Waals surface area contributed by atoms with Gasteiger partial charge in [0.1, 0.15) is 0 Å². The molecule has 0 amide bonds. The Bertz CT molecular complexity index is 579. The van der Waals surface area contributed by atoms with Gasteiger partial charge in [-0.05, 0) is 32.4 Å². The summed E-state index contributed by atoms with van der Waals surface area (Å²) in [6, 6.07) is 6.24. The number of H-pyrrole nitrogens is 1. The lowest BCUT2D eigenvalue weighted by Gasteiger charge is -2.07. The summed E-state index contributed by atoms with van der Waals surface area (Å²) in [7, 11) is 0. The zero-order chi connectivity index (χ0) is 12.4. The van der Waals surface area contributed by atoms with Crippen molar-refractivity contribution < 1.29 is 0 Å². The Morgan fingerprint density at radius 1 is 1.18 bits per heavy atom. The number of aromatic nitrogens is 2. The van der Waals surface area contributed by atoms with Crippen molar-refractivity contribution >= 4 is 0 Å². The highest BCUT2D eigenvalue weighted by atomic mass is 16.1. The number of aryl methyl sites for hydroxylation is 2.